The second kappa shape index (κ2) is 37.4. The van der Waals surface area contributed by atoms with E-state index in [1.807, 2.05) is 0 Å². The van der Waals surface area contributed by atoms with Gasteiger partial charge >= 0.3 is 0 Å². The Balaban J connectivity index is 4.86. The van der Waals surface area contributed by atoms with E-state index in [0.717, 1.165) is 74.4 Å². The van der Waals surface area contributed by atoms with Crippen molar-refractivity contribution in [1.29, 1.82) is 0 Å². The van der Waals surface area contributed by atoms with Gasteiger partial charge in [0.15, 0.2) is 11.5 Å². The second-order valence-corrected chi connectivity index (χ2v) is 12.7. The molecule has 0 saturated carbocycles. The minimum Gasteiger partial charge on any atom is -0.494 e. The van der Waals surface area contributed by atoms with Gasteiger partial charge < -0.3 is 33.2 Å². The molecule has 0 bridgehead atoms. The molecule has 7 nitrogen and oxygen atoms in total. The molecule has 0 amide bonds. The first-order chi connectivity index (χ1) is 23.2. The van der Waals surface area contributed by atoms with E-state index < -0.39 is 0 Å². The maximum Gasteiger partial charge on any atom is 0.159 e. The summed E-state index contributed by atoms with van der Waals surface area (Å²) in [6.45, 7) is 16.6. The summed E-state index contributed by atoms with van der Waals surface area (Å²) in [5, 5.41) is 0. The highest BCUT2D eigenvalue weighted by molar-refractivity contribution is 5.03. The van der Waals surface area contributed by atoms with E-state index in [1.165, 1.54) is 89.9 Å². The van der Waals surface area contributed by atoms with Crippen LogP contribution in [0.2, 0.25) is 0 Å². The summed E-state index contributed by atoms with van der Waals surface area (Å²) in [5.41, 5.74) is 0. The van der Waals surface area contributed by atoms with Crippen molar-refractivity contribution in [3.05, 3.63) is 23.0 Å². The van der Waals surface area contributed by atoms with Crippen LogP contribution in [0, 0.1) is 0 Å². The average molecular weight is 671 g/mol. The fraction of sp³-hybridized carbons (Fsp3) is 0.900. The highest BCUT2D eigenvalue weighted by Crippen LogP contribution is 2.21. The van der Waals surface area contributed by atoms with E-state index in [9.17, 15) is 0 Å². The van der Waals surface area contributed by atoms with E-state index in [-0.39, 0.29) is 13.6 Å². The Bertz CT molecular complexity index is 649. The number of hydrogen-bond donors (Lipinski definition) is 0. The zero-order valence-electron chi connectivity index (χ0n) is 32.1. The van der Waals surface area contributed by atoms with Gasteiger partial charge in [0.25, 0.3) is 0 Å². The van der Waals surface area contributed by atoms with Gasteiger partial charge in [-0.25, -0.2) is 0 Å². The predicted molar refractivity (Wildman–Crippen MR) is 196 cm³/mol. The average Bonchev–Trinajstić information content (AvgIpc) is 3.08. The van der Waals surface area contributed by atoms with Crippen molar-refractivity contribution < 1.29 is 33.2 Å². The van der Waals surface area contributed by atoms with Gasteiger partial charge in [0.1, 0.15) is 38.3 Å². The van der Waals surface area contributed by atoms with Gasteiger partial charge in [-0.05, 0) is 38.5 Å². The molecular weight excluding hydrogens is 592 g/mol. The third-order valence-electron chi connectivity index (χ3n) is 7.86. The lowest BCUT2D eigenvalue weighted by Crippen LogP contribution is -2.14. The highest BCUT2D eigenvalue weighted by atomic mass is 16.7. The summed E-state index contributed by atoms with van der Waals surface area (Å²) in [6.07, 6.45) is 26.2. The first kappa shape index (κ1) is 45.6. The van der Waals surface area contributed by atoms with Crippen molar-refractivity contribution in [3.8, 4) is 0 Å². The molecule has 0 fully saturated rings. The molecule has 7 heteroatoms. The molecule has 0 saturated heterocycles. The molecule has 280 valence electrons. The van der Waals surface area contributed by atoms with Crippen LogP contribution < -0.4 is 0 Å². The van der Waals surface area contributed by atoms with Gasteiger partial charge in [0, 0.05) is 12.8 Å². The molecule has 0 radical (unpaired) electrons. The van der Waals surface area contributed by atoms with Crippen LogP contribution in [0.4, 0.5) is 0 Å². The van der Waals surface area contributed by atoms with Crippen LogP contribution in [0.5, 0.6) is 0 Å². The number of ether oxygens (including phenoxy) is 7. The molecule has 0 aliphatic rings. The lowest BCUT2D eigenvalue weighted by Gasteiger charge is -2.18. The summed E-state index contributed by atoms with van der Waals surface area (Å²) < 4.78 is 42.0. The van der Waals surface area contributed by atoms with Crippen molar-refractivity contribution in [2.45, 2.75) is 183 Å². The predicted octanol–water partition coefficient (Wildman–Crippen LogP) is 12.1. The second-order valence-electron chi connectivity index (χ2n) is 12.7. The van der Waals surface area contributed by atoms with Crippen LogP contribution in [-0.2, 0) is 33.2 Å². The third-order valence-corrected chi connectivity index (χ3v) is 7.86. The van der Waals surface area contributed by atoms with Crippen LogP contribution in [0.3, 0.4) is 0 Å². The summed E-state index contributed by atoms with van der Waals surface area (Å²) in [5.74, 6) is 3.46. The van der Waals surface area contributed by atoms with Crippen molar-refractivity contribution >= 4 is 0 Å². The Morgan fingerprint density at radius 2 is 0.596 bits per heavy atom. The van der Waals surface area contributed by atoms with Gasteiger partial charge in [-0.1, -0.05) is 131 Å². The van der Waals surface area contributed by atoms with E-state index in [4.69, 9.17) is 33.2 Å². The monoisotopic (exact) mass is 671 g/mol. The molecule has 0 heterocycles. The molecule has 0 spiro atoms. The zero-order valence-corrected chi connectivity index (χ0v) is 32.1. The number of allylic oxidation sites excluding steroid dienone is 2. The van der Waals surface area contributed by atoms with Gasteiger partial charge in [-0.3, -0.25) is 0 Å². The Hall–Kier alpha value is -1.44. The Kier molecular flexibility index (Phi) is 36.2. The highest BCUT2D eigenvalue weighted by Gasteiger charge is 2.13. The molecule has 0 aromatic carbocycles. The van der Waals surface area contributed by atoms with Gasteiger partial charge in [-0.2, -0.15) is 0 Å². The minimum absolute atomic E-state index is 0.115. The summed E-state index contributed by atoms with van der Waals surface area (Å²) in [4.78, 5) is 0. The van der Waals surface area contributed by atoms with Crippen LogP contribution in [0.1, 0.15) is 183 Å². The Morgan fingerprint density at radius 1 is 0.298 bits per heavy atom. The van der Waals surface area contributed by atoms with E-state index in [0.29, 0.717) is 39.6 Å². The Labute approximate surface area is 291 Å². The number of unbranched alkanes of at least 4 members (excludes halogenated alkanes) is 14. The molecule has 47 heavy (non-hydrogen) atoms. The van der Waals surface area contributed by atoms with Crippen LogP contribution in [-0.4, -0.2) is 53.2 Å². The van der Waals surface area contributed by atoms with Crippen LogP contribution >= 0.6 is 0 Å². The summed E-state index contributed by atoms with van der Waals surface area (Å²) in [6, 6.07) is 0. The smallest absolute Gasteiger partial charge is 0.159 e. The molecule has 0 aromatic heterocycles. The Morgan fingerprint density at radius 3 is 0.915 bits per heavy atom. The molecule has 0 aliphatic heterocycles. The molecule has 0 rings (SSSR count). The third kappa shape index (κ3) is 29.2. The van der Waals surface area contributed by atoms with Gasteiger partial charge in [0.05, 0.1) is 26.4 Å². The topological polar surface area (TPSA) is 64.6 Å². The first-order valence-corrected chi connectivity index (χ1v) is 19.9. The SMILES string of the molecule is CCCCCCCCCCC(OCCC)=C(COCOCOCC(OCCC)=C(CCCCCCCCCC)OCCC)OCCC. The van der Waals surface area contributed by atoms with Gasteiger partial charge in [-0.15, -0.1) is 0 Å². The molecule has 0 aliphatic carbocycles. The first-order valence-electron chi connectivity index (χ1n) is 19.9. The molecule has 0 aromatic rings. The maximum absolute atomic E-state index is 6.15. The quantitative estimate of drug-likeness (QED) is 0.0368. The number of rotatable bonds is 38. The fourth-order valence-electron chi connectivity index (χ4n) is 5.15. The fourth-order valence-corrected chi connectivity index (χ4v) is 5.15. The maximum atomic E-state index is 6.15. The summed E-state index contributed by atoms with van der Waals surface area (Å²) in [7, 11) is 0. The minimum atomic E-state index is 0.115. The van der Waals surface area contributed by atoms with Gasteiger partial charge in [0.2, 0.25) is 0 Å². The molecule has 0 unspecified atom stereocenters. The summed E-state index contributed by atoms with van der Waals surface area (Å²) >= 11 is 0. The molecule has 0 N–H and O–H groups in total. The van der Waals surface area contributed by atoms with E-state index in [1.54, 1.807) is 0 Å². The molecular formula is C40H78O7. The molecule has 0 atom stereocenters. The lowest BCUT2D eigenvalue weighted by atomic mass is 10.1. The van der Waals surface area contributed by atoms with Crippen molar-refractivity contribution in [2.24, 2.45) is 0 Å². The van der Waals surface area contributed by atoms with Crippen molar-refractivity contribution in [3.63, 3.8) is 0 Å². The van der Waals surface area contributed by atoms with Crippen LogP contribution in [0.15, 0.2) is 23.0 Å². The largest absolute Gasteiger partial charge is 0.494 e. The van der Waals surface area contributed by atoms with Crippen molar-refractivity contribution in [2.75, 3.05) is 53.2 Å². The normalized spacial score (nSPS) is 12.6. The van der Waals surface area contributed by atoms with E-state index >= 15 is 0 Å². The zero-order chi connectivity index (χ0) is 34.5. The van der Waals surface area contributed by atoms with Crippen LogP contribution in [0.25, 0.3) is 0 Å². The standard InChI is InChI=1S/C40H78O7/c1-7-13-15-17-19-21-23-25-27-37(44-29-9-3)39(46-31-11-5)33-41-35-43-36-42-34-40(47-32-12-6)38(45-30-10-4)28-26-24-22-20-18-16-14-8-2/h7-36H2,1-6H3. The number of hydrogen-bond acceptors (Lipinski definition) is 7. The lowest BCUT2D eigenvalue weighted by molar-refractivity contribution is -0.132. The van der Waals surface area contributed by atoms with E-state index in [2.05, 4.69) is 41.5 Å². The van der Waals surface area contributed by atoms with Crippen molar-refractivity contribution in [1.82, 2.24) is 0 Å².